The molecule has 2 rings (SSSR count). The van der Waals surface area contributed by atoms with Crippen LogP contribution in [0.3, 0.4) is 0 Å². The van der Waals surface area contributed by atoms with Crippen LogP contribution < -0.4 is 0 Å². The first-order valence-corrected chi connectivity index (χ1v) is 7.77. The van der Waals surface area contributed by atoms with Crippen molar-refractivity contribution >= 4 is 17.5 Å². The van der Waals surface area contributed by atoms with Gasteiger partial charge in [-0.15, -0.1) is 0 Å². The average molecular weight is 318 g/mol. The summed E-state index contributed by atoms with van der Waals surface area (Å²) in [5, 5.41) is 11.0. The van der Waals surface area contributed by atoms with Crippen molar-refractivity contribution in [1.29, 1.82) is 0 Å². The fraction of sp³-hybridized carbons (Fsp3) is 0.278. The van der Waals surface area contributed by atoms with Gasteiger partial charge in [-0.05, 0) is 49.2 Å². The molecule has 1 N–H and O–H groups in total. The van der Waals surface area contributed by atoms with E-state index >= 15 is 0 Å². The predicted molar refractivity (Wildman–Crippen MR) is 89.2 cm³/mol. The molecule has 0 radical (unpaired) electrons. The van der Waals surface area contributed by atoms with E-state index in [1.807, 2.05) is 13.8 Å². The molecule has 116 valence electrons. The number of aliphatic hydroxyl groups excluding tert-OH is 1. The molecule has 1 amide bonds. The number of rotatable bonds is 5. The molecule has 0 aliphatic heterocycles. The van der Waals surface area contributed by atoms with Gasteiger partial charge in [0.25, 0.3) is 5.91 Å². The van der Waals surface area contributed by atoms with Crippen molar-refractivity contribution in [3.63, 3.8) is 0 Å². The predicted octanol–water partition coefficient (Wildman–Crippen LogP) is 3.90. The number of hydrogen-bond donors (Lipinski definition) is 1. The molecule has 0 unspecified atom stereocenters. The molecule has 1 atom stereocenters. The van der Waals surface area contributed by atoms with Crippen LogP contribution in [0.25, 0.3) is 0 Å². The van der Waals surface area contributed by atoms with Gasteiger partial charge in [-0.25, -0.2) is 0 Å². The molecule has 0 spiro atoms. The first-order chi connectivity index (χ1) is 10.6. The van der Waals surface area contributed by atoms with Crippen LogP contribution in [0.1, 0.15) is 41.4 Å². The lowest BCUT2D eigenvalue weighted by Gasteiger charge is -2.19. The third kappa shape index (κ3) is 3.67. The number of nitrogens with zero attached hydrogens (tertiary/aromatic N) is 1. The van der Waals surface area contributed by atoms with Gasteiger partial charge < -0.3 is 10.0 Å². The lowest BCUT2D eigenvalue weighted by atomic mass is 10.00. The summed E-state index contributed by atoms with van der Waals surface area (Å²) >= 11 is 5.85. The molecule has 0 aliphatic carbocycles. The molecular formula is C18H20ClNO2. The third-order valence-electron chi connectivity index (χ3n) is 3.71. The second kappa shape index (κ2) is 7.43. The number of carbonyl (C=O) groups is 1. The van der Waals surface area contributed by atoms with Gasteiger partial charge in [0.2, 0.25) is 0 Å². The van der Waals surface area contributed by atoms with Crippen LogP contribution in [-0.4, -0.2) is 29.0 Å². The first-order valence-electron chi connectivity index (χ1n) is 7.39. The number of carbonyl (C=O) groups excluding carboxylic acids is 1. The van der Waals surface area contributed by atoms with Gasteiger partial charge in [0, 0.05) is 23.7 Å². The van der Waals surface area contributed by atoms with Crippen LogP contribution in [-0.2, 0) is 0 Å². The minimum atomic E-state index is -0.727. The van der Waals surface area contributed by atoms with E-state index in [0.717, 1.165) is 11.1 Å². The van der Waals surface area contributed by atoms with Gasteiger partial charge in [0.1, 0.15) is 6.10 Å². The maximum absolute atomic E-state index is 12.2. The quantitative estimate of drug-likeness (QED) is 0.908. The highest BCUT2D eigenvalue weighted by molar-refractivity contribution is 6.30. The zero-order valence-electron chi connectivity index (χ0n) is 12.8. The number of aliphatic hydroxyl groups is 1. The standard InChI is InChI=1S/C18H20ClNO2/c1-3-20(4-2)18(22)15-7-5-13(6-8-15)17(21)14-9-11-16(19)12-10-14/h5-12,17,21H,3-4H2,1-2H3/t17-/m1/s1. The van der Waals surface area contributed by atoms with Gasteiger partial charge in [0.15, 0.2) is 0 Å². The second-order valence-electron chi connectivity index (χ2n) is 5.05. The summed E-state index contributed by atoms with van der Waals surface area (Å²) in [4.78, 5) is 14.0. The third-order valence-corrected chi connectivity index (χ3v) is 3.96. The number of amides is 1. The van der Waals surface area contributed by atoms with Gasteiger partial charge >= 0.3 is 0 Å². The Morgan fingerprint density at radius 2 is 1.45 bits per heavy atom. The lowest BCUT2D eigenvalue weighted by molar-refractivity contribution is 0.0773. The van der Waals surface area contributed by atoms with Crippen LogP contribution in [0.2, 0.25) is 5.02 Å². The fourth-order valence-electron chi connectivity index (χ4n) is 2.34. The van der Waals surface area contributed by atoms with E-state index in [4.69, 9.17) is 11.6 Å². The highest BCUT2D eigenvalue weighted by atomic mass is 35.5. The summed E-state index contributed by atoms with van der Waals surface area (Å²) < 4.78 is 0. The normalized spacial score (nSPS) is 12.0. The summed E-state index contributed by atoms with van der Waals surface area (Å²) in [6.07, 6.45) is -0.727. The van der Waals surface area contributed by atoms with Gasteiger partial charge in [0.05, 0.1) is 0 Å². The zero-order chi connectivity index (χ0) is 16.1. The van der Waals surface area contributed by atoms with Crippen molar-refractivity contribution in [2.75, 3.05) is 13.1 Å². The number of hydrogen-bond acceptors (Lipinski definition) is 2. The topological polar surface area (TPSA) is 40.5 Å². The minimum Gasteiger partial charge on any atom is -0.384 e. The molecule has 22 heavy (non-hydrogen) atoms. The van der Waals surface area contributed by atoms with Crippen molar-refractivity contribution in [3.8, 4) is 0 Å². The molecule has 0 aliphatic rings. The molecule has 0 fully saturated rings. The minimum absolute atomic E-state index is 0.0116. The average Bonchev–Trinajstić information content (AvgIpc) is 2.56. The highest BCUT2D eigenvalue weighted by Crippen LogP contribution is 2.23. The Morgan fingerprint density at radius 3 is 1.91 bits per heavy atom. The number of halogens is 1. The van der Waals surface area contributed by atoms with Gasteiger partial charge in [-0.2, -0.15) is 0 Å². The molecule has 0 saturated heterocycles. The van der Waals surface area contributed by atoms with Gasteiger partial charge in [-0.1, -0.05) is 35.9 Å². The van der Waals surface area contributed by atoms with E-state index < -0.39 is 6.10 Å². The molecule has 4 heteroatoms. The summed E-state index contributed by atoms with van der Waals surface area (Å²) in [5.74, 6) is 0.0116. The summed E-state index contributed by atoms with van der Waals surface area (Å²) in [7, 11) is 0. The van der Waals surface area contributed by atoms with Crippen molar-refractivity contribution in [1.82, 2.24) is 4.90 Å². The van der Waals surface area contributed by atoms with E-state index in [9.17, 15) is 9.90 Å². The molecule has 3 nitrogen and oxygen atoms in total. The SMILES string of the molecule is CCN(CC)C(=O)c1ccc([C@@H](O)c2ccc(Cl)cc2)cc1. The van der Waals surface area contributed by atoms with Crippen LogP contribution in [0.15, 0.2) is 48.5 Å². The van der Waals surface area contributed by atoms with E-state index in [1.54, 1.807) is 53.4 Å². The highest BCUT2D eigenvalue weighted by Gasteiger charge is 2.14. The Hall–Kier alpha value is -1.84. The zero-order valence-corrected chi connectivity index (χ0v) is 13.5. The van der Waals surface area contributed by atoms with Crippen molar-refractivity contribution in [2.24, 2.45) is 0 Å². The molecule has 0 aromatic heterocycles. The molecule has 0 saturated carbocycles. The van der Waals surface area contributed by atoms with E-state index in [1.165, 1.54) is 0 Å². The fourth-order valence-corrected chi connectivity index (χ4v) is 2.46. The number of benzene rings is 2. The van der Waals surface area contributed by atoms with Crippen LogP contribution in [0.4, 0.5) is 0 Å². The lowest BCUT2D eigenvalue weighted by Crippen LogP contribution is -2.30. The first kappa shape index (κ1) is 16.5. The molecule has 0 heterocycles. The summed E-state index contributed by atoms with van der Waals surface area (Å²) in [6.45, 7) is 5.29. The maximum Gasteiger partial charge on any atom is 0.253 e. The van der Waals surface area contributed by atoms with Gasteiger partial charge in [-0.3, -0.25) is 4.79 Å². The van der Waals surface area contributed by atoms with Crippen LogP contribution >= 0.6 is 11.6 Å². The smallest absolute Gasteiger partial charge is 0.253 e. The van der Waals surface area contributed by atoms with E-state index in [-0.39, 0.29) is 5.91 Å². The Bertz CT molecular complexity index is 619. The monoisotopic (exact) mass is 317 g/mol. The van der Waals surface area contributed by atoms with E-state index in [0.29, 0.717) is 23.7 Å². The van der Waals surface area contributed by atoms with Crippen molar-refractivity contribution in [2.45, 2.75) is 20.0 Å². The molecule has 2 aromatic rings. The maximum atomic E-state index is 12.2. The molecule has 2 aromatic carbocycles. The second-order valence-corrected chi connectivity index (χ2v) is 5.49. The Kier molecular flexibility index (Phi) is 5.58. The Balaban J connectivity index is 2.17. The summed E-state index contributed by atoms with van der Waals surface area (Å²) in [6, 6.07) is 14.2. The molecular weight excluding hydrogens is 298 g/mol. The largest absolute Gasteiger partial charge is 0.384 e. The van der Waals surface area contributed by atoms with Crippen LogP contribution in [0.5, 0.6) is 0 Å². The van der Waals surface area contributed by atoms with Crippen LogP contribution in [0, 0.1) is 0 Å². The Labute approximate surface area is 136 Å². The van der Waals surface area contributed by atoms with Crippen molar-refractivity contribution < 1.29 is 9.90 Å². The van der Waals surface area contributed by atoms with Crippen molar-refractivity contribution in [3.05, 3.63) is 70.2 Å². The van der Waals surface area contributed by atoms with E-state index in [2.05, 4.69) is 0 Å². The molecule has 0 bridgehead atoms. The summed E-state index contributed by atoms with van der Waals surface area (Å²) in [5.41, 5.74) is 2.15. The Morgan fingerprint density at radius 1 is 1.00 bits per heavy atom.